The first-order chi connectivity index (χ1) is 14.2. The lowest BCUT2D eigenvalue weighted by molar-refractivity contribution is -0.0228. The lowest BCUT2D eigenvalue weighted by atomic mass is 10.1. The summed E-state index contributed by atoms with van der Waals surface area (Å²) in [7, 11) is 0. The quantitative estimate of drug-likeness (QED) is 0.565. The largest absolute Gasteiger partial charge is 0.473 e. The molecule has 5 nitrogen and oxygen atoms in total. The van der Waals surface area contributed by atoms with Gasteiger partial charge in [-0.3, -0.25) is 4.79 Å². The second-order valence-electron chi connectivity index (χ2n) is 6.82. The number of hydrogen-bond acceptors (Lipinski definition) is 4. The summed E-state index contributed by atoms with van der Waals surface area (Å²) < 4.78 is 12.7. The molecule has 0 saturated carbocycles. The van der Waals surface area contributed by atoms with Gasteiger partial charge < -0.3 is 14.4 Å². The van der Waals surface area contributed by atoms with Crippen molar-refractivity contribution in [2.75, 3.05) is 19.7 Å². The Balaban J connectivity index is 1.42. The fraction of sp³-hybridized carbons (Fsp3) is 0.217. The van der Waals surface area contributed by atoms with Crippen molar-refractivity contribution in [3.05, 3.63) is 94.1 Å². The molecule has 1 atom stereocenters. The summed E-state index contributed by atoms with van der Waals surface area (Å²) in [6.07, 6.45) is 1.48. The highest BCUT2D eigenvalue weighted by molar-refractivity contribution is 9.10. The molecule has 0 radical (unpaired) electrons. The molecule has 1 aromatic heterocycles. The number of rotatable bonds is 5. The first-order valence-electron chi connectivity index (χ1n) is 9.48. The summed E-state index contributed by atoms with van der Waals surface area (Å²) in [6, 6.07) is 21.3. The highest BCUT2D eigenvalue weighted by atomic mass is 79.9. The number of nitrogens with zero attached hydrogens (tertiary/aromatic N) is 2. The third-order valence-corrected chi connectivity index (χ3v) is 5.34. The predicted octanol–water partition coefficient (Wildman–Crippen LogP) is 4.64. The summed E-state index contributed by atoms with van der Waals surface area (Å²) in [5.74, 6) is 0.403. The summed E-state index contributed by atoms with van der Waals surface area (Å²) in [4.78, 5) is 19.1. The van der Waals surface area contributed by atoms with Crippen LogP contribution in [0.15, 0.2) is 77.4 Å². The molecule has 1 saturated heterocycles. The smallest absolute Gasteiger partial charge is 0.254 e. The molecule has 2 aromatic carbocycles. The normalized spacial score (nSPS) is 16.4. The van der Waals surface area contributed by atoms with E-state index in [0.29, 0.717) is 37.7 Å². The van der Waals surface area contributed by atoms with E-state index in [4.69, 9.17) is 9.47 Å². The van der Waals surface area contributed by atoms with Gasteiger partial charge in [0.2, 0.25) is 5.88 Å². The van der Waals surface area contributed by atoms with E-state index >= 15 is 0 Å². The molecule has 0 bridgehead atoms. The zero-order valence-corrected chi connectivity index (χ0v) is 17.4. The number of morpholine rings is 1. The van der Waals surface area contributed by atoms with E-state index in [9.17, 15) is 4.79 Å². The fourth-order valence-electron chi connectivity index (χ4n) is 3.25. The van der Waals surface area contributed by atoms with Gasteiger partial charge in [-0.05, 0) is 29.3 Å². The number of pyridine rings is 1. The van der Waals surface area contributed by atoms with Crippen LogP contribution in [0.2, 0.25) is 0 Å². The van der Waals surface area contributed by atoms with E-state index in [-0.39, 0.29) is 12.0 Å². The Kier molecular flexibility index (Phi) is 6.22. The van der Waals surface area contributed by atoms with Crippen LogP contribution >= 0.6 is 15.9 Å². The number of benzene rings is 2. The van der Waals surface area contributed by atoms with E-state index < -0.39 is 0 Å². The average Bonchev–Trinajstić information content (AvgIpc) is 2.79. The molecule has 1 aliphatic heterocycles. The van der Waals surface area contributed by atoms with E-state index in [1.165, 1.54) is 0 Å². The summed E-state index contributed by atoms with van der Waals surface area (Å²) in [5.41, 5.74) is 2.68. The Morgan fingerprint density at radius 1 is 1.14 bits per heavy atom. The van der Waals surface area contributed by atoms with Crippen LogP contribution in [0.5, 0.6) is 5.88 Å². The third kappa shape index (κ3) is 5.02. The first kappa shape index (κ1) is 19.6. The van der Waals surface area contributed by atoms with E-state index in [0.717, 1.165) is 15.6 Å². The van der Waals surface area contributed by atoms with Crippen LogP contribution in [0, 0.1) is 0 Å². The lowest BCUT2D eigenvalue weighted by Gasteiger charge is -2.33. The topological polar surface area (TPSA) is 51.7 Å². The van der Waals surface area contributed by atoms with Crippen LogP contribution < -0.4 is 4.74 Å². The van der Waals surface area contributed by atoms with Gasteiger partial charge in [0.15, 0.2) is 0 Å². The summed E-state index contributed by atoms with van der Waals surface area (Å²) in [5, 5.41) is 0. The van der Waals surface area contributed by atoms with Crippen molar-refractivity contribution in [1.29, 1.82) is 0 Å². The number of hydrogen-bond donors (Lipinski definition) is 0. The molecule has 2 heterocycles. The van der Waals surface area contributed by atoms with Gasteiger partial charge in [-0.25, -0.2) is 4.98 Å². The molecule has 29 heavy (non-hydrogen) atoms. The molecule has 1 fully saturated rings. The van der Waals surface area contributed by atoms with Crippen LogP contribution in [0.4, 0.5) is 0 Å². The van der Waals surface area contributed by atoms with Crippen LogP contribution in [0.1, 0.15) is 27.6 Å². The van der Waals surface area contributed by atoms with Gasteiger partial charge in [0.05, 0.1) is 13.2 Å². The maximum absolute atomic E-state index is 13.0. The molecule has 4 rings (SSSR count). The molecular weight excluding hydrogens is 432 g/mol. The second kappa shape index (κ2) is 9.20. The summed E-state index contributed by atoms with van der Waals surface area (Å²) >= 11 is 3.45. The molecule has 1 amide bonds. The highest BCUT2D eigenvalue weighted by Gasteiger charge is 2.26. The molecule has 6 heteroatoms. The van der Waals surface area contributed by atoms with Crippen LogP contribution in [-0.2, 0) is 11.3 Å². The average molecular weight is 453 g/mol. The zero-order valence-electron chi connectivity index (χ0n) is 15.8. The highest BCUT2D eigenvalue weighted by Crippen LogP contribution is 2.25. The van der Waals surface area contributed by atoms with Crippen LogP contribution in [0.25, 0.3) is 0 Å². The van der Waals surface area contributed by atoms with Gasteiger partial charge in [-0.1, -0.05) is 58.4 Å². The number of halogens is 1. The van der Waals surface area contributed by atoms with Gasteiger partial charge in [0, 0.05) is 28.8 Å². The van der Waals surface area contributed by atoms with Crippen molar-refractivity contribution >= 4 is 21.8 Å². The Hall–Kier alpha value is -2.70. The van der Waals surface area contributed by atoms with Crippen molar-refractivity contribution < 1.29 is 14.3 Å². The summed E-state index contributed by atoms with van der Waals surface area (Å²) in [6.45, 7) is 2.00. The van der Waals surface area contributed by atoms with Crippen LogP contribution in [0.3, 0.4) is 0 Å². The van der Waals surface area contributed by atoms with Crippen molar-refractivity contribution in [2.24, 2.45) is 0 Å². The van der Waals surface area contributed by atoms with E-state index in [2.05, 4.69) is 20.9 Å². The Labute approximate surface area is 178 Å². The molecule has 3 aromatic rings. The zero-order chi connectivity index (χ0) is 20.1. The molecule has 1 aliphatic rings. The van der Waals surface area contributed by atoms with Crippen molar-refractivity contribution in [3.63, 3.8) is 0 Å². The Morgan fingerprint density at radius 2 is 1.93 bits per heavy atom. The standard InChI is InChI=1S/C23H21BrN2O3/c24-20-8-6-18(7-9-20)21-15-26(12-13-28-21)23(27)19-10-11-25-22(14-19)29-16-17-4-2-1-3-5-17/h1-11,14,21H,12-13,15-16H2. The maximum atomic E-state index is 13.0. The molecule has 148 valence electrons. The number of carbonyl (C=O) groups excluding carboxylic acids is 1. The molecule has 0 N–H and O–H groups in total. The Bertz CT molecular complexity index is 963. The molecule has 0 spiro atoms. The molecule has 0 aliphatic carbocycles. The maximum Gasteiger partial charge on any atom is 0.254 e. The second-order valence-corrected chi connectivity index (χ2v) is 7.73. The molecule has 1 unspecified atom stereocenters. The minimum atomic E-state index is -0.128. The number of aromatic nitrogens is 1. The van der Waals surface area contributed by atoms with Gasteiger partial charge in [0.25, 0.3) is 5.91 Å². The van der Waals surface area contributed by atoms with E-state index in [1.807, 2.05) is 59.5 Å². The van der Waals surface area contributed by atoms with Gasteiger partial charge >= 0.3 is 0 Å². The lowest BCUT2D eigenvalue weighted by Crippen LogP contribution is -2.42. The van der Waals surface area contributed by atoms with Gasteiger partial charge in [-0.15, -0.1) is 0 Å². The monoisotopic (exact) mass is 452 g/mol. The fourth-order valence-corrected chi connectivity index (χ4v) is 3.51. The van der Waals surface area contributed by atoms with Gasteiger partial charge in [-0.2, -0.15) is 0 Å². The van der Waals surface area contributed by atoms with E-state index in [1.54, 1.807) is 18.3 Å². The minimum Gasteiger partial charge on any atom is -0.473 e. The first-order valence-corrected chi connectivity index (χ1v) is 10.3. The number of ether oxygens (including phenoxy) is 2. The SMILES string of the molecule is O=C(c1ccnc(OCc2ccccc2)c1)N1CCOC(c2ccc(Br)cc2)C1. The molecular formula is C23H21BrN2O3. The Morgan fingerprint density at radius 3 is 2.72 bits per heavy atom. The number of carbonyl (C=O) groups is 1. The van der Waals surface area contributed by atoms with Crippen molar-refractivity contribution in [1.82, 2.24) is 9.88 Å². The minimum absolute atomic E-state index is 0.0395. The van der Waals surface area contributed by atoms with Gasteiger partial charge in [0.1, 0.15) is 12.7 Å². The van der Waals surface area contributed by atoms with Crippen molar-refractivity contribution in [2.45, 2.75) is 12.7 Å². The van der Waals surface area contributed by atoms with Crippen molar-refractivity contribution in [3.8, 4) is 5.88 Å². The number of amides is 1. The predicted molar refractivity (Wildman–Crippen MR) is 114 cm³/mol. The third-order valence-electron chi connectivity index (χ3n) is 4.81. The van der Waals surface area contributed by atoms with Crippen LogP contribution in [-0.4, -0.2) is 35.5 Å².